The summed E-state index contributed by atoms with van der Waals surface area (Å²) in [5, 5.41) is 3.97. The zero-order valence-corrected chi connectivity index (χ0v) is 15.1. The number of benzene rings is 1. The lowest BCUT2D eigenvalue weighted by Crippen LogP contribution is -2.47. The number of nitrogens with zero attached hydrogens (tertiary/aromatic N) is 2. The lowest BCUT2D eigenvalue weighted by Gasteiger charge is -2.11. The largest absolute Gasteiger partial charge is 0.357 e. The molecule has 0 spiro atoms. The second kappa shape index (κ2) is 9.19. The van der Waals surface area contributed by atoms with Gasteiger partial charge < -0.3 is 5.32 Å². The molecule has 0 aliphatic rings. The van der Waals surface area contributed by atoms with Gasteiger partial charge in [-0.25, -0.2) is 9.97 Å². The van der Waals surface area contributed by atoms with Crippen LogP contribution >= 0.6 is 24.0 Å². The molecule has 0 aliphatic carbocycles. The Morgan fingerprint density at radius 2 is 1.79 bits per heavy atom. The van der Waals surface area contributed by atoms with Gasteiger partial charge in [-0.15, -0.1) is 0 Å². The van der Waals surface area contributed by atoms with Crippen LogP contribution in [0, 0.1) is 13.8 Å². The Bertz CT molecular complexity index is 689. The maximum absolute atomic E-state index is 11.8. The van der Waals surface area contributed by atoms with Crippen LogP contribution in [-0.4, -0.2) is 26.7 Å². The maximum Gasteiger partial charge on any atom is 0.248 e. The smallest absolute Gasteiger partial charge is 0.248 e. The topological polar surface area (TPSA) is 78.9 Å². The second-order valence-corrected chi connectivity index (χ2v) is 6.41. The monoisotopic (exact) mass is 361 g/mol. The van der Waals surface area contributed by atoms with E-state index in [1.807, 2.05) is 50.2 Å². The highest BCUT2D eigenvalue weighted by Crippen LogP contribution is 2.13. The molecule has 0 atom stereocenters. The third-order valence-electron chi connectivity index (χ3n) is 2.91. The van der Waals surface area contributed by atoms with Crippen molar-refractivity contribution >= 4 is 35.0 Å². The van der Waals surface area contributed by atoms with Crippen molar-refractivity contribution in [1.29, 1.82) is 0 Å². The van der Waals surface area contributed by atoms with Gasteiger partial charge in [-0.2, -0.15) is 0 Å². The summed E-state index contributed by atoms with van der Waals surface area (Å²) >= 11 is 6.40. The minimum atomic E-state index is -0.202. The molecule has 24 heavy (non-hydrogen) atoms. The third kappa shape index (κ3) is 6.51. The molecule has 1 aromatic heterocycles. The van der Waals surface area contributed by atoms with Crippen LogP contribution in [0.3, 0.4) is 0 Å². The number of hydrogen-bond donors (Lipinski definition) is 3. The van der Waals surface area contributed by atoms with Crippen LogP contribution in [0.4, 0.5) is 0 Å². The molecular weight excluding hydrogens is 342 g/mol. The first kappa shape index (κ1) is 18.2. The molecule has 2 aromatic rings. The van der Waals surface area contributed by atoms with Crippen LogP contribution in [0.1, 0.15) is 17.0 Å². The molecule has 1 heterocycles. The summed E-state index contributed by atoms with van der Waals surface area (Å²) in [7, 11) is 0. The highest BCUT2D eigenvalue weighted by atomic mass is 32.2. The van der Waals surface area contributed by atoms with Crippen molar-refractivity contribution in [2.45, 2.75) is 25.5 Å². The van der Waals surface area contributed by atoms with Gasteiger partial charge >= 0.3 is 0 Å². The van der Waals surface area contributed by atoms with Crippen LogP contribution in [0.5, 0.6) is 0 Å². The summed E-state index contributed by atoms with van der Waals surface area (Å²) in [5.74, 6) is 0.00334. The van der Waals surface area contributed by atoms with E-state index in [9.17, 15) is 4.79 Å². The quantitative estimate of drug-likeness (QED) is 0.325. The first-order chi connectivity index (χ1) is 11.5. The SMILES string of the molecule is Cc1cc(C)nc(SCC(=O)NNC(=S)NCc2ccccc2)n1. The van der Waals surface area contributed by atoms with Crippen molar-refractivity contribution in [3.8, 4) is 0 Å². The molecule has 1 aromatic carbocycles. The van der Waals surface area contributed by atoms with E-state index in [0.29, 0.717) is 16.8 Å². The van der Waals surface area contributed by atoms with Crippen molar-refractivity contribution in [3.63, 3.8) is 0 Å². The molecule has 3 N–H and O–H groups in total. The summed E-state index contributed by atoms with van der Waals surface area (Å²) in [6.45, 7) is 4.39. The maximum atomic E-state index is 11.8. The van der Waals surface area contributed by atoms with Crippen LogP contribution < -0.4 is 16.2 Å². The van der Waals surface area contributed by atoms with Gasteiger partial charge in [0.2, 0.25) is 5.91 Å². The zero-order valence-electron chi connectivity index (χ0n) is 13.5. The molecule has 126 valence electrons. The lowest BCUT2D eigenvalue weighted by molar-refractivity contribution is -0.119. The third-order valence-corrected chi connectivity index (χ3v) is 4.00. The number of hydrazine groups is 1. The summed E-state index contributed by atoms with van der Waals surface area (Å²) < 4.78 is 0. The van der Waals surface area contributed by atoms with Crippen molar-refractivity contribution in [2.24, 2.45) is 0 Å². The van der Waals surface area contributed by atoms with Crippen molar-refractivity contribution in [2.75, 3.05) is 5.75 Å². The first-order valence-corrected chi connectivity index (χ1v) is 8.74. The number of amides is 1. The minimum absolute atomic E-state index is 0.202. The van der Waals surface area contributed by atoms with Crippen LogP contribution in [-0.2, 0) is 11.3 Å². The molecule has 2 rings (SSSR count). The van der Waals surface area contributed by atoms with E-state index >= 15 is 0 Å². The summed E-state index contributed by atoms with van der Waals surface area (Å²) in [6.07, 6.45) is 0. The van der Waals surface area contributed by atoms with E-state index in [4.69, 9.17) is 12.2 Å². The van der Waals surface area contributed by atoms with Crippen LogP contribution in [0.15, 0.2) is 41.6 Å². The predicted molar refractivity (Wildman–Crippen MR) is 99.4 cm³/mol. The number of nitrogens with one attached hydrogen (secondary N) is 3. The van der Waals surface area contributed by atoms with Gasteiger partial charge in [0.25, 0.3) is 0 Å². The van der Waals surface area contributed by atoms with Gasteiger partial charge in [-0.1, -0.05) is 42.1 Å². The molecule has 0 fully saturated rings. The van der Waals surface area contributed by atoms with Gasteiger partial charge in [-0.05, 0) is 37.7 Å². The van der Waals surface area contributed by atoms with E-state index < -0.39 is 0 Å². The first-order valence-electron chi connectivity index (χ1n) is 7.34. The highest BCUT2D eigenvalue weighted by Gasteiger charge is 2.06. The van der Waals surface area contributed by atoms with Crippen molar-refractivity contribution < 1.29 is 4.79 Å². The number of aryl methyl sites for hydroxylation is 2. The number of hydrogen-bond acceptors (Lipinski definition) is 5. The van der Waals surface area contributed by atoms with E-state index in [1.165, 1.54) is 11.8 Å². The van der Waals surface area contributed by atoms with Crippen molar-refractivity contribution in [3.05, 3.63) is 53.3 Å². The molecule has 0 saturated heterocycles. The molecule has 0 bridgehead atoms. The van der Waals surface area contributed by atoms with E-state index in [0.717, 1.165) is 17.0 Å². The Balaban J connectivity index is 1.68. The number of aromatic nitrogens is 2. The standard InChI is InChI=1S/C16H19N5OS2/c1-11-8-12(2)19-16(18-11)24-10-14(22)20-21-15(23)17-9-13-6-4-3-5-7-13/h3-8H,9-10H2,1-2H3,(H,20,22)(H2,17,21,23). The van der Waals surface area contributed by atoms with Crippen LogP contribution in [0.25, 0.3) is 0 Å². The number of carbonyl (C=O) groups excluding carboxylic acids is 1. The van der Waals surface area contributed by atoms with E-state index in [-0.39, 0.29) is 11.7 Å². The lowest BCUT2D eigenvalue weighted by atomic mass is 10.2. The van der Waals surface area contributed by atoms with Gasteiger partial charge in [0.1, 0.15) is 0 Å². The molecular formula is C16H19N5OS2. The average Bonchev–Trinajstić information content (AvgIpc) is 2.56. The van der Waals surface area contributed by atoms with Gasteiger partial charge in [0.15, 0.2) is 10.3 Å². The van der Waals surface area contributed by atoms with Gasteiger partial charge in [0.05, 0.1) is 5.75 Å². The highest BCUT2D eigenvalue weighted by molar-refractivity contribution is 7.99. The molecule has 0 saturated carbocycles. The molecule has 8 heteroatoms. The zero-order chi connectivity index (χ0) is 17.4. The fraction of sp³-hybridized carbons (Fsp3) is 0.250. The number of thiocarbonyl (C=S) groups is 1. The Hall–Kier alpha value is -2.19. The Kier molecular flexibility index (Phi) is 6.95. The fourth-order valence-electron chi connectivity index (χ4n) is 1.87. The van der Waals surface area contributed by atoms with Gasteiger partial charge in [-0.3, -0.25) is 15.6 Å². The molecule has 6 nitrogen and oxygen atoms in total. The minimum Gasteiger partial charge on any atom is -0.357 e. The molecule has 0 aliphatic heterocycles. The number of rotatable bonds is 5. The Labute approximate surface area is 150 Å². The summed E-state index contributed by atoms with van der Waals surface area (Å²) in [6, 6.07) is 11.8. The van der Waals surface area contributed by atoms with E-state index in [2.05, 4.69) is 26.1 Å². The summed E-state index contributed by atoms with van der Waals surface area (Å²) in [4.78, 5) is 20.4. The van der Waals surface area contributed by atoms with Crippen molar-refractivity contribution in [1.82, 2.24) is 26.1 Å². The molecule has 0 unspecified atom stereocenters. The number of carbonyl (C=O) groups is 1. The van der Waals surface area contributed by atoms with E-state index in [1.54, 1.807) is 0 Å². The fourth-order valence-corrected chi connectivity index (χ4v) is 2.75. The molecule has 1 amide bonds. The summed E-state index contributed by atoms with van der Waals surface area (Å²) in [5.41, 5.74) is 8.10. The second-order valence-electron chi connectivity index (χ2n) is 5.06. The molecule has 0 radical (unpaired) electrons. The normalized spacial score (nSPS) is 10.1. The predicted octanol–water partition coefficient (Wildman–Crippen LogP) is 1.88. The Morgan fingerprint density at radius 1 is 1.12 bits per heavy atom. The average molecular weight is 361 g/mol. The van der Waals surface area contributed by atoms with Crippen LogP contribution in [0.2, 0.25) is 0 Å². The number of thioether (sulfide) groups is 1. The van der Waals surface area contributed by atoms with Gasteiger partial charge in [0, 0.05) is 17.9 Å². The Morgan fingerprint density at radius 3 is 2.46 bits per heavy atom.